The van der Waals surface area contributed by atoms with E-state index in [0.717, 1.165) is 39.5 Å². The van der Waals surface area contributed by atoms with Crippen molar-refractivity contribution >= 4 is 59.3 Å². The summed E-state index contributed by atoms with van der Waals surface area (Å²) in [5.74, 6) is 1.50. The summed E-state index contributed by atoms with van der Waals surface area (Å²) in [7, 11) is 0. The fourth-order valence-electron chi connectivity index (χ4n) is 6.22. The van der Waals surface area contributed by atoms with Gasteiger partial charge < -0.3 is 9.32 Å². The lowest BCUT2D eigenvalue weighted by atomic mass is 10.0. The van der Waals surface area contributed by atoms with Crippen LogP contribution in [0.4, 0.5) is 17.1 Å². The van der Waals surface area contributed by atoms with Crippen molar-refractivity contribution in [3.63, 3.8) is 0 Å². The van der Waals surface area contributed by atoms with Crippen molar-refractivity contribution < 1.29 is 4.42 Å². The highest BCUT2D eigenvalue weighted by molar-refractivity contribution is 7.26. The van der Waals surface area contributed by atoms with Crippen molar-refractivity contribution in [1.82, 2.24) is 4.98 Å². The lowest BCUT2D eigenvalue weighted by molar-refractivity contribution is 0.590. The Balaban J connectivity index is 1.31. The third kappa shape index (κ3) is 3.35. The van der Waals surface area contributed by atoms with Crippen LogP contribution in [0, 0.1) is 0 Å². The smallest absolute Gasteiger partial charge is 0.227 e. The number of rotatable bonds is 4. The van der Waals surface area contributed by atoms with Crippen LogP contribution in [0.2, 0.25) is 0 Å². The summed E-state index contributed by atoms with van der Waals surface area (Å²) in [5, 5.41) is 4.95. The number of fused-ring (bicyclic) bond motifs is 6. The highest BCUT2D eigenvalue weighted by atomic mass is 32.1. The van der Waals surface area contributed by atoms with Crippen LogP contribution < -0.4 is 4.90 Å². The largest absolute Gasteiger partial charge is 0.435 e. The van der Waals surface area contributed by atoms with Crippen molar-refractivity contribution in [2.75, 3.05) is 4.90 Å². The van der Waals surface area contributed by atoms with Gasteiger partial charge >= 0.3 is 0 Å². The van der Waals surface area contributed by atoms with Gasteiger partial charge in [-0.1, -0.05) is 84.9 Å². The highest BCUT2D eigenvalue weighted by Crippen LogP contribution is 2.52. The quantitative estimate of drug-likeness (QED) is 0.221. The van der Waals surface area contributed by atoms with Gasteiger partial charge in [0.2, 0.25) is 5.89 Å². The van der Waals surface area contributed by atoms with Crippen LogP contribution in [0.25, 0.3) is 65.0 Å². The number of anilines is 3. The second-order valence-electron chi connectivity index (χ2n) is 10.4. The first-order valence-corrected chi connectivity index (χ1v) is 14.5. The molecule has 1 aliphatic rings. The van der Waals surface area contributed by atoms with Crippen molar-refractivity contribution in [2.24, 2.45) is 0 Å². The molecule has 2 heterocycles. The number of benzene rings is 6. The van der Waals surface area contributed by atoms with Gasteiger partial charge in [0.1, 0.15) is 5.69 Å². The van der Waals surface area contributed by atoms with E-state index in [0.29, 0.717) is 5.89 Å². The van der Waals surface area contributed by atoms with Gasteiger partial charge in [-0.2, -0.15) is 0 Å². The van der Waals surface area contributed by atoms with E-state index in [2.05, 4.69) is 108 Å². The zero-order valence-electron chi connectivity index (χ0n) is 21.9. The van der Waals surface area contributed by atoms with Gasteiger partial charge in [0.05, 0.1) is 10.4 Å². The van der Waals surface area contributed by atoms with E-state index in [9.17, 15) is 0 Å². The van der Waals surface area contributed by atoms with Gasteiger partial charge in [-0.15, -0.1) is 11.3 Å². The first kappa shape index (κ1) is 22.6. The molecule has 0 bridgehead atoms. The standard InChI is InChI=1S/C37H22N2OS/c1-3-11-23(12-4-1)37-38-34-30-22-26(21-24-13-9-18-29(33(24)30)35(34)40-37)39(25-14-5-2-6-15-25)31-19-10-17-28-27-16-7-8-20-32(27)41-36(28)31/h1-22H. The molecule has 0 radical (unpaired) electrons. The summed E-state index contributed by atoms with van der Waals surface area (Å²) in [4.78, 5) is 7.43. The molecule has 2 aromatic heterocycles. The minimum absolute atomic E-state index is 0.651. The number of hydrogen-bond acceptors (Lipinski definition) is 4. The third-order valence-electron chi connectivity index (χ3n) is 8.01. The maximum absolute atomic E-state index is 6.42. The Bertz CT molecular complexity index is 2260. The number of hydrogen-bond donors (Lipinski definition) is 0. The predicted octanol–water partition coefficient (Wildman–Crippen LogP) is 11.0. The maximum atomic E-state index is 6.42. The molecular formula is C37H22N2OS. The van der Waals surface area contributed by atoms with Crippen LogP contribution in [-0.2, 0) is 0 Å². The number of para-hydroxylation sites is 1. The molecule has 1 aliphatic carbocycles. The van der Waals surface area contributed by atoms with Crippen LogP contribution in [0.1, 0.15) is 0 Å². The summed E-state index contributed by atoms with van der Waals surface area (Å²) in [6, 6.07) is 47.1. The summed E-state index contributed by atoms with van der Waals surface area (Å²) < 4.78 is 8.99. The van der Waals surface area contributed by atoms with E-state index in [4.69, 9.17) is 9.40 Å². The Hall–Kier alpha value is -5.19. The van der Waals surface area contributed by atoms with E-state index in [1.807, 2.05) is 41.7 Å². The topological polar surface area (TPSA) is 29.3 Å². The molecule has 0 aliphatic heterocycles. The monoisotopic (exact) mass is 542 g/mol. The molecule has 0 amide bonds. The van der Waals surface area contributed by atoms with Crippen molar-refractivity contribution in [3.8, 4) is 34.0 Å². The van der Waals surface area contributed by atoms with Gasteiger partial charge in [-0.25, -0.2) is 4.98 Å². The van der Waals surface area contributed by atoms with Crippen LogP contribution in [0.3, 0.4) is 0 Å². The zero-order valence-corrected chi connectivity index (χ0v) is 22.7. The van der Waals surface area contributed by atoms with Gasteiger partial charge in [0, 0.05) is 48.9 Å². The number of aromatic nitrogens is 1. The molecule has 3 nitrogen and oxygen atoms in total. The first-order valence-electron chi connectivity index (χ1n) is 13.7. The molecule has 0 N–H and O–H groups in total. The Morgan fingerprint density at radius 3 is 2.24 bits per heavy atom. The lowest BCUT2D eigenvalue weighted by Gasteiger charge is -2.27. The molecular weight excluding hydrogens is 520 g/mol. The molecule has 9 rings (SSSR count). The minimum atomic E-state index is 0.651. The van der Waals surface area contributed by atoms with Crippen molar-refractivity contribution in [3.05, 3.63) is 133 Å². The molecule has 8 aromatic rings. The van der Waals surface area contributed by atoms with E-state index in [-0.39, 0.29) is 0 Å². The van der Waals surface area contributed by atoms with Gasteiger partial charge in [-0.05, 0) is 53.9 Å². The molecule has 0 unspecified atom stereocenters. The first-order chi connectivity index (χ1) is 20.3. The van der Waals surface area contributed by atoms with E-state index < -0.39 is 0 Å². The van der Waals surface area contributed by atoms with Crippen molar-refractivity contribution in [2.45, 2.75) is 0 Å². The van der Waals surface area contributed by atoms with Gasteiger partial charge in [0.25, 0.3) is 0 Å². The molecule has 0 saturated heterocycles. The van der Waals surface area contributed by atoms with Crippen molar-refractivity contribution in [1.29, 1.82) is 0 Å². The van der Waals surface area contributed by atoms with Crippen LogP contribution in [0.5, 0.6) is 0 Å². The molecule has 0 fully saturated rings. The second-order valence-corrected chi connectivity index (χ2v) is 11.4. The lowest BCUT2D eigenvalue weighted by Crippen LogP contribution is -2.10. The molecule has 41 heavy (non-hydrogen) atoms. The summed E-state index contributed by atoms with van der Waals surface area (Å²) >= 11 is 1.85. The number of oxazole rings is 1. The Morgan fingerprint density at radius 2 is 1.37 bits per heavy atom. The summed E-state index contributed by atoms with van der Waals surface area (Å²) in [6.45, 7) is 0. The average molecular weight is 543 g/mol. The fourth-order valence-corrected chi connectivity index (χ4v) is 7.43. The number of nitrogens with zero attached hydrogens (tertiary/aromatic N) is 2. The maximum Gasteiger partial charge on any atom is 0.227 e. The SMILES string of the molecule is c1ccc(-c2nc3c(o2)-c2cccc4cc(N(c5ccccc5)c5cccc6c5sc5ccccc56)cc-3c24)cc1. The van der Waals surface area contributed by atoms with Gasteiger partial charge in [0.15, 0.2) is 5.76 Å². The van der Waals surface area contributed by atoms with E-state index in [1.165, 1.54) is 36.6 Å². The molecule has 6 aromatic carbocycles. The zero-order chi connectivity index (χ0) is 26.9. The Kier molecular flexibility index (Phi) is 4.77. The van der Waals surface area contributed by atoms with Crippen LogP contribution >= 0.6 is 11.3 Å². The number of thiophene rings is 1. The molecule has 192 valence electrons. The van der Waals surface area contributed by atoms with E-state index >= 15 is 0 Å². The Morgan fingerprint density at radius 1 is 0.610 bits per heavy atom. The van der Waals surface area contributed by atoms with E-state index in [1.54, 1.807) is 0 Å². The molecule has 0 atom stereocenters. The average Bonchev–Trinajstić information content (AvgIpc) is 3.72. The molecule has 0 saturated carbocycles. The Labute approximate surface area is 240 Å². The van der Waals surface area contributed by atoms with Crippen LogP contribution in [0.15, 0.2) is 138 Å². The van der Waals surface area contributed by atoms with Crippen LogP contribution in [-0.4, -0.2) is 4.98 Å². The minimum Gasteiger partial charge on any atom is -0.435 e. The van der Waals surface area contributed by atoms with Gasteiger partial charge in [-0.3, -0.25) is 0 Å². The molecule has 4 heteroatoms. The predicted molar refractivity (Wildman–Crippen MR) is 171 cm³/mol. The molecule has 0 spiro atoms. The summed E-state index contributed by atoms with van der Waals surface area (Å²) in [5.41, 5.74) is 7.48. The summed E-state index contributed by atoms with van der Waals surface area (Å²) in [6.07, 6.45) is 0. The fraction of sp³-hybridized carbons (Fsp3) is 0. The normalized spacial score (nSPS) is 11.9. The third-order valence-corrected chi connectivity index (χ3v) is 9.22. The highest BCUT2D eigenvalue weighted by Gasteiger charge is 2.30. The second kappa shape index (κ2) is 8.65.